The highest BCUT2D eigenvalue weighted by molar-refractivity contribution is 5.82. The van der Waals surface area contributed by atoms with Gasteiger partial charge >= 0.3 is 12.4 Å². The summed E-state index contributed by atoms with van der Waals surface area (Å²) < 4.78 is 91.9. The number of carbonyl (C=O) groups is 1. The van der Waals surface area contributed by atoms with Crippen molar-refractivity contribution in [2.24, 2.45) is 0 Å². The Morgan fingerprint density at radius 3 is 2.22 bits per heavy atom. The second-order valence-corrected chi connectivity index (χ2v) is 7.41. The Hall–Kier alpha value is -2.83. The lowest BCUT2D eigenvalue weighted by Gasteiger charge is -2.22. The van der Waals surface area contributed by atoms with Crippen molar-refractivity contribution in [3.05, 3.63) is 41.6 Å². The van der Waals surface area contributed by atoms with Gasteiger partial charge in [-0.15, -0.1) is 0 Å². The number of halogens is 7. The summed E-state index contributed by atoms with van der Waals surface area (Å²) in [5, 5.41) is 2.38. The lowest BCUT2D eigenvalue weighted by molar-refractivity contribution is -0.145. The zero-order valence-corrected chi connectivity index (χ0v) is 16.8. The second kappa shape index (κ2) is 8.60. The van der Waals surface area contributed by atoms with E-state index < -0.39 is 54.4 Å². The van der Waals surface area contributed by atoms with E-state index in [2.05, 4.69) is 20.3 Å². The van der Waals surface area contributed by atoms with Gasteiger partial charge < -0.3 is 5.32 Å². The molecule has 0 aromatic carbocycles. The lowest BCUT2D eigenvalue weighted by atomic mass is 10.1. The molecule has 1 saturated heterocycles. The highest BCUT2D eigenvalue weighted by Crippen LogP contribution is 2.34. The normalized spacial score (nSPS) is 22.2. The molecule has 0 radical (unpaired) electrons. The van der Waals surface area contributed by atoms with Crippen LogP contribution < -0.4 is 5.32 Å². The summed E-state index contributed by atoms with van der Waals surface area (Å²) in [6.07, 6.45) is -8.77. The van der Waals surface area contributed by atoms with Crippen molar-refractivity contribution < 1.29 is 35.5 Å². The molecular formula is C19H18F7N5O. The van der Waals surface area contributed by atoms with E-state index in [0.717, 1.165) is 18.5 Å². The third-order valence-electron chi connectivity index (χ3n) is 5.36. The highest BCUT2D eigenvalue weighted by atomic mass is 19.4. The van der Waals surface area contributed by atoms with Crippen LogP contribution in [0.5, 0.6) is 0 Å². The summed E-state index contributed by atoms with van der Waals surface area (Å²) >= 11 is 0. The van der Waals surface area contributed by atoms with Crippen LogP contribution in [-0.2, 0) is 23.7 Å². The molecule has 1 aliphatic heterocycles. The number of amides is 1. The van der Waals surface area contributed by atoms with E-state index in [9.17, 15) is 35.5 Å². The molecule has 3 heterocycles. The molecule has 1 amide bonds. The van der Waals surface area contributed by atoms with Crippen LogP contribution in [0.2, 0.25) is 0 Å². The molecule has 0 spiro atoms. The van der Waals surface area contributed by atoms with E-state index >= 15 is 0 Å². The number of nitrogens with zero attached hydrogens (tertiary/aromatic N) is 4. The van der Waals surface area contributed by atoms with E-state index in [1.807, 2.05) is 0 Å². The number of carbonyl (C=O) groups excluding carboxylic acids is 1. The monoisotopic (exact) mass is 465 g/mol. The van der Waals surface area contributed by atoms with Gasteiger partial charge in [-0.3, -0.25) is 14.7 Å². The van der Waals surface area contributed by atoms with Crippen LogP contribution in [0.15, 0.2) is 24.7 Å². The Labute approximate surface area is 177 Å². The molecule has 6 nitrogen and oxygen atoms in total. The van der Waals surface area contributed by atoms with Crippen molar-refractivity contribution in [1.29, 1.82) is 0 Å². The van der Waals surface area contributed by atoms with Gasteiger partial charge in [0.1, 0.15) is 6.17 Å². The Morgan fingerprint density at radius 1 is 1.09 bits per heavy atom. The molecule has 1 aliphatic rings. The van der Waals surface area contributed by atoms with Gasteiger partial charge in [-0.05, 0) is 25.6 Å². The highest BCUT2D eigenvalue weighted by Gasteiger charge is 2.40. The van der Waals surface area contributed by atoms with Crippen molar-refractivity contribution in [3.63, 3.8) is 0 Å². The Bertz CT molecular complexity index is 978. The SMILES string of the molecule is CC1[C@H](F)CC(C(=O)NCc2cc(-c3cnc(C(F)(F)F)nc3)ncc2C(F)(F)F)N1C. The summed E-state index contributed by atoms with van der Waals surface area (Å²) in [7, 11) is 1.55. The standard InChI is InChI=1S/C19H18F7N5O/c1-9-13(20)4-15(31(9)2)16(32)28-5-10-3-14(27-8-12(10)18(21,22)23)11-6-29-17(30-7-11)19(24,25)26/h3,6-9,13,15H,4-5H2,1-2H3,(H,28,32)/t9?,13-,15?/m1/s1. The molecule has 0 saturated carbocycles. The summed E-state index contributed by atoms with van der Waals surface area (Å²) in [6.45, 7) is 1.06. The van der Waals surface area contributed by atoms with Gasteiger partial charge in [-0.1, -0.05) is 0 Å². The number of likely N-dealkylation sites (N-methyl/N-ethyl adjacent to an activating group) is 1. The minimum Gasteiger partial charge on any atom is -0.351 e. The smallest absolute Gasteiger partial charge is 0.351 e. The predicted molar refractivity (Wildman–Crippen MR) is 97.6 cm³/mol. The fourth-order valence-corrected chi connectivity index (χ4v) is 3.37. The molecule has 1 N–H and O–H groups in total. The lowest BCUT2D eigenvalue weighted by Crippen LogP contribution is -2.43. The summed E-state index contributed by atoms with van der Waals surface area (Å²) in [5.41, 5.74) is -1.62. The molecule has 3 atom stereocenters. The molecule has 3 rings (SSSR count). The third kappa shape index (κ3) is 4.97. The molecule has 2 aromatic rings. The first-order valence-corrected chi connectivity index (χ1v) is 9.38. The average molecular weight is 465 g/mol. The van der Waals surface area contributed by atoms with Gasteiger partial charge in [0.05, 0.1) is 17.3 Å². The van der Waals surface area contributed by atoms with Crippen LogP contribution in [0.1, 0.15) is 30.3 Å². The maximum atomic E-state index is 13.8. The first-order valence-electron chi connectivity index (χ1n) is 9.38. The van der Waals surface area contributed by atoms with Crippen molar-refractivity contribution in [1.82, 2.24) is 25.2 Å². The first kappa shape index (κ1) is 23.8. The molecule has 2 aromatic heterocycles. The van der Waals surface area contributed by atoms with Crippen molar-refractivity contribution in [2.45, 2.75) is 50.5 Å². The minimum absolute atomic E-state index is 0.0380. The van der Waals surface area contributed by atoms with E-state index in [0.29, 0.717) is 6.20 Å². The number of rotatable bonds is 4. The molecule has 0 aliphatic carbocycles. The van der Waals surface area contributed by atoms with Crippen LogP contribution in [0.4, 0.5) is 30.7 Å². The van der Waals surface area contributed by atoms with Crippen LogP contribution in [-0.4, -0.2) is 51.1 Å². The Balaban J connectivity index is 1.85. The molecular weight excluding hydrogens is 447 g/mol. The van der Waals surface area contributed by atoms with Crippen LogP contribution in [0.3, 0.4) is 0 Å². The van der Waals surface area contributed by atoms with Crippen LogP contribution in [0, 0.1) is 0 Å². The summed E-state index contributed by atoms with van der Waals surface area (Å²) in [6, 6.07) is -0.351. The first-order chi connectivity index (χ1) is 14.8. The van der Waals surface area contributed by atoms with Crippen LogP contribution >= 0.6 is 0 Å². The Kier molecular flexibility index (Phi) is 6.40. The quantitative estimate of drug-likeness (QED) is 0.699. The largest absolute Gasteiger partial charge is 0.451 e. The molecule has 13 heteroatoms. The van der Waals surface area contributed by atoms with Crippen LogP contribution in [0.25, 0.3) is 11.3 Å². The fourth-order valence-electron chi connectivity index (χ4n) is 3.37. The Morgan fingerprint density at radius 2 is 1.72 bits per heavy atom. The fraction of sp³-hybridized carbons (Fsp3) is 0.474. The van der Waals surface area contributed by atoms with Crippen molar-refractivity contribution in [3.8, 4) is 11.3 Å². The van der Waals surface area contributed by atoms with E-state index in [1.54, 1.807) is 14.0 Å². The molecule has 2 unspecified atom stereocenters. The zero-order chi connectivity index (χ0) is 23.8. The topological polar surface area (TPSA) is 71.0 Å². The number of nitrogens with one attached hydrogen (secondary N) is 1. The van der Waals surface area contributed by atoms with E-state index in [1.165, 1.54) is 4.90 Å². The number of alkyl halides is 7. The number of likely N-dealkylation sites (tertiary alicyclic amines) is 1. The van der Waals surface area contributed by atoms with Gasteiger partial charge in [0.25, 0.3) is 0 Å². The number of aromatic nitrogens is 3. The molecule has 1 fully saturated rings. The summed E-state index contributed by atoms with van der Waals surface area (Å²) in [4.78, 5) is 23.9. The van der Waals surface area contributed by atoms with Gasteiger partial charge in [-0.2, -0.15) is 26.3 Å². The molecule has 174 valence electrons. The minimum atomic E-state index is -4.79. The summed E-state index contributed by atoms with van der Waals surface area (Å²) in [5.74, 6) is -2.04. The van der Waals surface area contributed by atoms with E-state index in [4.69, 9.17) is 0 Å². The average Bonchev–Trinajstić information content (AvgIpc) is 2.98. The molecule has 0 bridgehead atoms. The van der Waals surface area contributed by atoms with Gasteiger partial charge in [-0.25, -0.2) is 14.4 Å². The maximum absolute atomic E-state index is 13.8. The second-order valence-electron chi connectivity index (χ2n) is 7.41. The van der Waals surface area contributed by atoms with Gasteiger partial charge in [0, 0.05) is 43.2 Å². The van der Waals surface area contributed by atoms with Crippen molar-refractivity contribution in [2.75, 3.05) is 7.05 Å². The number of hydrogen-bond acceptors (Lipinski definition) is 5. The predicted octanol–water partition coefficient (Wildman–Crippen LogP) is 3.62. The maximum Gasteiger partial charge on any atom is 0.451 e. The van der Waals surface area contributed by atoms with Gasteiger partial charge in [0.2, 0.25) is 11.7 Å². The van der Waals surface area contributed by atoms with Crippen molar-refractivity contribution >= 4 is 5.91 Å². The zero-order valence-electron chi connectivity index (χ0n) is 16.8. The van der Waals surface area contributed by atoms with Gasteiger partial charge in [0.15, 0.2) is 0 Å². The van der Waals surface area contributed by atoms with E-state index in [-0.39, 0.29) is 23.2 Å². The third-order valence-corrected chi connectivity index (χ3v) is 5.36. The molecule has 32 heavy (non-hydrogen) atoms. The number of pyridine rings is 1. The number of hydrogen-bond donors (Lipinski definition) is 1.